The van der Waals surface area contributed by atoms with Gasteiger partial charge < -0.3 is 25.2 Å². The summed E-state index contributed by atoms with van der Waals surface area (Å²) in [6.45, 7) is 16.3. The Labute approximate surface area is 254 Å². The van der Waals surface area contributed by atoms with E-state index in [0.717, 1.165) is 24.9 Å². The number of methoxy groups -OCH3 is 1. The molecule has 238 valence electrons. The van der Waals surface area contributed by atoms with E-state index in [1.54, 1.807) is 19.1 Å². The predicted molar refractivity (Wildman–Crippen MR) is 169 cm³/mol. The van der Waals surface area contributed by atoms with Gasteiger partial charge in [-0.05, 0) is 43.8 Å². The third-order valence-corrected chi connectivity index (χ3v) is 8.77. The second-order valence-corrected chi connectivity index (χ2v) is 13.9. The summed E-state index contributed by atoms with van der Waals surface area (Å²) in [6, 6.07) is 8.65. The maximum Gasteiger partial charge on any atom is 0.245 e. The van der Waals surface area contributed by atoms with Gasteiger partial charge in [0.2, 0.25) is 17.7 Å². The molecule has 0 aliphatic carbocycles. The van der Waals surface area contributed by atoms with Gasteiger partial charge >= 0.3 is 0 Å². The van der Waals surface area contributed by atoms with Gasteiger partial charge in [0.15, 0.2) is 0 Å². The largest absolute Gasteiger partial charge is 0.383 e. The van der Waals surface area contributed by atoms with E-state index >= 15 is 0 Å². The summed E-state index contributed by atoms with van der Waals surface area (Å²) in [5.41, 5.74) is 0.00595. The van der Waals surface area contributed by atoms with Crippen LogP contribution in [0.2, 0.25) is 0 Å². The molecule has 1 aliphatic heterocycles. The molecule has 2 rings (SSSR count). The molecule has 42 heavy (non-hydrogen) atoms. The molecular formula is C33H57N5O4. The highest BCUT2D eigenvalue weighted by molar-refractivity contribution is 5.91. The van der Waals surface area contributed by atoms with Crippen molar-refractivity contribution in [1.29, 1.82) is 0 Å². The van der Waals surface area contributed by atoms with Gasteiger partial charge in [-0.1, -0.05) is 78.8 Å². The van der Waals surface area contributed by atoms with Crippen molar-refractivity contribution in [2.75, 3.05) is 54.5 Å². The molecule has 0 aromatic heterocycles. The van der Waals surface area contributed by atoms with Gasteiger partial charge in [-0.2, -0.15) is 0 Å². The smallest absolute Gasteiger partial charge is 0.245 e. The maximum atomic E-state index is 14.1. The standard InChI is InChI=1S/C33H57N5O4/c1-23(2)26(20-36(9)21-27(39)38-19-15-18-25(38)22-42-11)37(10)31(41)29(32(3,4)5)35-30(40)28(34-8)33(6,7)24-16-13-12-14-17-24/h12-14,16-17,23,25-26,28-29,34H,15,18-22H2,1-11H3,(H,35,40). The molecule has 4 unspecified atom stereocenters. The van der Waals surface area contributed by atoms with Gasteiger partial charge in [0.25, 0.3) is 0 Å². The number of hydrogen-bond acceptors (Lipinski definition) is 6. The number of hydrogen-bond donors (Lipinski definition) is 2. The van der Waals surface area contributed by atoms with Crippen LogP contribution >= 0.6 is 0 Å². The van der Waals surface area contributed by atoms with Gasteiger partial charge in [0.1, 0.15) is 6.04 Å². The van der Waals surface area contributed by atoms with E-state index in [0.29, 0.717) is 13.2 Å². The number of carbonyl (C=O) groups is 3. The molecule has 1 heterocycles. The zero-order chi connectivity index (χ0) is 31.8. The zero-order valence-electron chi connectivity index (χ0n) is 28.0. The summed E-state index contributed by atoms with van der Waals surface area (Å²) in [7, 11) is 7.19. The average molecular weight is 588 g/mol. The summed E-state index contributed by atoms with van der Waals surface area (Å²) in [6.07, 6.45) is 1.96. The SMILES string of the molecule is CNC(C(=O)NC(C(=O)N(C)C(CN(C)CC(=O)N1CCCC1COC)C(C)C)C(C)(C)C)C(C)(C)c1ccccc1. The first-order chi connectivity index (χ1) is 19.6. The Balaban J connectivity index is 2.19. The van der Waals surface area contributed by atoms with Crippen LogP contribution in [-0.4, -0.2) is 111 Å². The molecule has 0 bridgehead atoms. The molecule has 9 nitrogen and oxygen atoms in total. The van der Waals surface area contributed by atoms with Gasteiger partial charge in [-0.25, -0.2) is 0 Å². The number of benzene rings is 1. The number of rotatable bonds is 14. The normalized spacial score (nSPS) is 18.2. The molecule has 1 saturated heterocycles. The molecule has 0 spiro atoms. The Morgan fingerprint density at radius 3 is 2.19 bits per heavy atom. The highest BCUT2D eigenvalue weighted by Crippen LogP contribution is 2.29. The number of ether oxygens (including phenoxy) is 1. The van der Waals surface area contributed by atoms with E-state index in [9.17, 15) is 14.4 Å². The molecule has 3 amide bonds. The van der Waals surface area contributed by atoms with Gasteiger partial charge in [-0.3, -0.25) is 19.3 Å². The summed E-state index contributed by atoms with van der Waals surface area (Å²) in [5.74, 6) is -0.121. The molecule has 1 aromatic rings. The van der Waals surface area contributed by atoms with E-state index in [1.807, 2.05) is 88.8 Å². The second kappa shape index (κ2) is 15.3. The number of carbonyl (C=O) groups excluding carboxylic acids is 3. The Hall–Kier alpha value is -2.49. The van der Waals surface area contributed by atoms with E-state index < -0.39 is 22.9 Å². The molecular weight excluding hydrogens is 530 g/mol. The predicted octanol–water partition coefficient (Wildman–Crippen LogP) is 3.14. The summed E-state index contributed by atoms with van der Waals surface area (Å²) in [4.78, 5) is 46.7. The molecule has 0 radical (unpaired) electrons. The van der Waals surface area contributed by atoms with Crippen LogP contribution in [0, 0.1) is 11.3 Å². The molecule has 9 heteroatoms. The van der Waals surface area contributed by atoms with Crippen molar-refractivity contribution in [2.24, 2.45) is 11.3 Å². The Kier molecular flexibility index (Phi) is 13.0. The van der Waals surface area contributed by atoms with Crippen molar-refractivity contribution < 1.29 is 19.1 Å². The fraction of sp³-hybridized carbons (Fsp3) is 0.727. The number of likely N-dealkylation sites (N-methyl/N-ethyl adjacent to an activating group) is 3. The first kappa shape index (κ1) is 35.7. The summed E-state index contributed by atoms with van der Waals surface area (Å²) < 4.78 is 5.32. The van der Waals surface area contributed by atoms with Crippen molar-refractivity contribution in [3.05, 3.63) is 35.9 Å². The lowest BCUT2D eigenvalue weighted by Gasteiger charge is -2.41. The van der Waals surface area contributed by atoms with Gasteiger partial charge in [0, 0.05) is 38.7 Å². The topological polar surface area (TPSA) is 94.2 Å². The lowest BCUT2D eigenvalue weighted by molar-refractivity contribution is -0.142. The first-order valence-corrected chi connectivity index (χ1v) is 15.3. The second-order valence-electron chi connectivity index (χ2n) is 13.9. The number of amides is 3. The molecule has 2 N–H and O–H groups in total. The molecule has 1 aromatic carbocycles. The van der Waals surface area contributed by atoms with Crippen molar-refractivity contribution >= 4 is 17.7 Å². The van der Waals surface area contributed by atoms with E-state index in [1.165, 1.54) is 0 Å². The fourth-order valence-corrected chi connectivity index (χ4v) is 6.11. The third-order valence-electron chi connectivity index (χ3n) is 8.77. The lowest BCUT2D eigenvalue weighted by Crippen LogP contribution is -2.62. The molecule has 1 aliphatic rings. The molecule has 1 fully saturated rings. The summed E-state index contributed by atoms with van der Waals surface area (Å²) >= 11 is 0. The summed E-state index contributed by atoms with van der Waals surface area (Å²) in [5, 5.41) is 6.32. The van der Waals surface area contributed by atoms with Crippen LogP contribution in [0.4, 0.5) is 0 Å². The zero-order valence-corrected chi connectivity index (χ0v) is 28.0. The van der Waals surface area contributed by atoms with Gasteiger partial charge in [0.05, 0.1) is 25.2 Å². The van der Waals surface area contributed by atoms with Crippen LogP contribution in [-0.2, 0) is 24.5 Å². The highest BCUT2D eigenvalue weighted by Gasteiger charge is 2.42. The Morgan fingerprint density at radius 1 is 1.05 bits per heavy atom. The number of nitrogens with zero attached hydrogens (tertiary/aromatic N) is 3. The third kappa shape index (κ3) is 9.01. The van der Waals surface area contributed by atoms with Crippen LogP contribution in [0.15, 0.2) is 30.3 Å². The van der Waals surface area contributed by atoms with Crippen LogP contribution in [0.3, 0.4) is 0 Å². The van der Waals surface area contributed by atoms with E-state index in [-0.39, 0.29) is 42.3 Å². The van der Waals surface area contributed by atoms with Crippen LogP contribution in [0.25, 0.3) is 0 Å². The molecule has 0 saturated carbocycles. The average Bonchev–Trinajstić information content (AvgIpc) is 3.38. The quantitative estimate of drug-likeness (QED) is 0.348. The lowest BCUT2D eigenvalue weighted by atomic mass is 9.76. The van der Waals surface area contributed by atoms with Crippen LogP contribution < -0.4 is 10.6 Å². The van der Waals surface area contributed by atoms with Crippen LogP contribution in [0.5, 0.6) is 0 Å². The maximum absolute atomic E-state index is 14.1. The molecule has 4 atom stereocenters. The van der Waals surface area contributed by atoms with E-state index in [4.69, 9.17) is 4.74 Å². The Morgan fingerprint density at radius 2 is 1.67 bits per heavy atom. The van der Waals surface area contributed by atoms with Crippen molar-refractivity contribution in [1.82, 2.24) is 25.3 Å². The van der Waals surface area contributed by atoms with Gasteiger partial charge in [-0.15, -0.1) is 0 Å². The van der Waals surface area contributed by atoms with Crippen molar-refractivity contribution in [3.8, 4) is 0 Å². The highest BCUT2D eigenvalue weighted by atomic mass is 16.5. The number of nitrogens with one attached hydrogen (secondary N) is 2. The minimum Gasteiger partial charge on any atom is -0.383 e. The first-order valence-electron chi connectivity index (χ1n) is 15.3. The van der Waals surface area contributed by atoms with Crippen molar-refractivity contribution in [3.63, 3.8) is 0 Å². The number of likely N-dealkylation sites (tertiary alicyclic amines) is 1. The fourth-order valence-electron chi connectivity index (χ4n) is 6.11. The van der Waals surface area contributed by atoms with E-state index in [2.05, 4.69) is 24.5 Å². The minimum atomic E-state index is -0.731. The Bertz CT molecular complexity index is 1020. The minimum absolute atomic E-state index is 0.0903. The van der Waals surface area contributed by atoms with Crippen LogP contribution in [0.1, 0.15) is 66.9 Å². The van der Waals surface area contributed by atoms with Crippen molar-refractivity contribution in [2.45, 2.75) is 90.9 Å². The monoisotopic (exact) mass is 587 g/mol.